The summed E-state index contributed by atoms with van der Waals surface area (Å²) in [5.41, 5.74) is 0.836. The molecule has 21 heavy (non-hydrogen) atoms. The fourth-order valence-corrected chi connectivity index (χ4v) is 2.89. The van der Waals surface area contributed by atoms with Gasteiger partial charge in [0.05, 0.1) is 12.4 Å². The van der Waals surface area contributed by atoms with Gasteiger partial charge in [-0.15, -0.1) is 0 Å². The van der Waals surface area contributed by atoms with Gasteiger partial charge in [0.25, 0.3) is 0 Å². The first-order valence-electron chi connectivity index (χ1n) is 6.77. The molecule has 2 rings (SSSR count). The molecule has 1 aromatic rings. The minimum Gasteiger partial charge on any atom is -0.493 e. The third kappa shape index (κ3) is 4.10. The van der Waals surface area contributed by atoms with Crippen molar-refractivity contribution in [2.45, 2.75) is 25.9 Å². The molecule has 1 aliphatic heterocycles. The van der Waals surface area contributed by atoms with Gasteiger partial charge in [-0.1, -0.05) is 13.0 Å². The standard InChI is InChI=1S/C14H18O6S/c1-2-21(17,18)7-3-6-19-11-5-4-10-8-13(14(15)16)20-12(10)9-11/h4-5,9,13H,2-3,6-8H2,1H3,(H,15,16). The summed E-state index contributed by atoms with van der Waals surface area (Å²) in [6, 6.07) is 5.16. The molecule has 0 aliphatic carbocycles. The lowest BCUT2D eigenvalue weighted by Gasteiger charge is -2.08. The number of hydrogen-bond acceptors (Lipinski definition) is 5. The van der Waals surface area contributed by atoms with E-state index in [9.17, 15) is 13.2 Å². The van der Waals surface area contributed by atoms with Gasteiger partial charge in [-0.3, -0.25) is 0 Å². The molecule has 0 spiro atoms. The second kappa shape index (κ2) is 6.34. The zero-order valence-corrected chi connectivity index (χ0v) is 12.6. The van der Waals surface area contributed by atoms with Crippen molar-refractivity contribution in [3.05, 3.63) is 23.8 Å². The monoisotopic (exact) mass is 314 g/mol. The molecule has 1 unspecified atom stereocenters. The number of aliphatic carboxylic acids is 1. The fourth-order valence-electron chi connectivity index (χ4n) is 2.05. The molecule has 0 saturated heterocycles. The summed E-state index contributed by atoms with van der Waals surface area (Å²) in [4.78, 5) is 10.9. The highest BCUT2D eigenvalue weighted by molar-refractivity contribution is 7.91. The van der Waals surface area contributed by atoms with E-state index in [4.69, 9.17) is 14.6 Å². The van der Waals surface area contributed by atoms with Gasteiger partial charge in [-0.2, -0.15) is 0 Å². The highest BCUT2D eigenvalue weighted by atomic mass is 32.2. The third-order valence-corrected chi connectivity index (χ3v) is 5.09. The predicted molar refractivity (Wildman–Crippen MR) is 76.6 cm³/mol. The Kier molecular flexibility index (Phi) is 4.72. The Morgan fingerprint density at radius 1 is 1.48 bits per heavy atom. The maximum absolute atomic E-state index is 11.3. The van der Waals surface area contributed by atoms with Crippen molar-refractivity contribution in [3.8, 4) is 11.5 Å². The second-order valence-electron chi connectivity index (χ2n) is 4.86. The fraction of sp³-hybridized carbons (Fsp3) is 0.500. The van der Waals surface area contributed by atoms with Crippen molar-refractivity contribution in [2.24, 2.45) is 0 Å². The molecule has 0 bridgehead atoms. The number of rotatable bonds is 7. The van der Waals surface area contributed by atoms with Crippen LogP contribution in [0.5, 0.6) is 11.5 Å². The molecule has 116 valence electrons. The molecule has 0 amide bonds. The van der Waals surface area contributed by atoms with E-state index < -0.39 is 21.9 Å². The molecular weight excluding hydrogens is 296 g/mol. The smallest absolute Gasteiger partial charge is 0.345 e. The van der Waals surface area contributed by atoms with Gasteiger partial charge >= 0.3 is 5.97 Å². The van der Waals surface area contributed by atoms with E-state index in [2.05, 4.69) is 0 Å². The van der Waals surface area contributed by atoms with Crippen LogP contribution in [0.15, 0.2) is 18.2 Å². The number of carboxylic acids is 1. The molecule has 0 radical (unpaired) electrons. The Morgan fingerprint density at radius 2 is 2.24 bits per heavy atom. The summed E-state index contributed by atoms with van der Waals surface area (Å²) >= 11 is 0. The molecule has 0 fully saturated rings. The molecule has 6 nitrogen and oxygen atoms in total. The van der Waals surface area contributed by atoms with E-state index in [-0.39, 0.29) is 11.5 Å². The highest BCUT2D eigenvalue weighted by Crippen LogP contribution is 2.32. The summed E-state index contributed by atoms with van der Waals surface area (Å²) in [6.07, 6.45) is -0.0732. The first-order valence-corrected chi connectivity index (χ1v) is 8.59. The lowest BCUT2D eigenvalue weighted by atomic mass is 10.1. The SMILES string of the molecule is CCS(=O)(=O)CCCOc1ccc2c(c1)OC(C(=O)O)C2. The van der Waals surface area contributed by atoms with E-state index in [1.807, 2.05) is 0 Å². The first kappa shape index (κ1) is 15.6. The van der Waals surface area contributed by atoms with E-state index in [1.54, 1.807) is 25.1 Å². The van der Waals surface area contributed by atoms with Crippen molar-refractivity contribution in [1.29, 1.82) is 0 Å². The first-order chi connectivity index (χ1) is 9.91. The van der Waals surface area contributed by atoms with E-state index >= 15 is 0 Å². The van der Waals surface area contributed by atoms with Crippen LogP contribution in [0.2, 0.25) is 0 Å². The van der Waals surface area contributed by atoms with Crippen molar-refractivity contribution in [3.63, 3.8) is 0 Å². The maximum atomic E-state index is 11.3. The average molecular weight is 314 g/mol. The van der Waals surface area contributed by atoms with Crippen LogP contribution in [0.25, 0.3) is 0 Å². The molecule has 1 atom stereocenters. The number of ether oxygens (including phenoxy) is 2. The van der Waals surface area contributed by atoms with Crippen LogP contribution in [-0.2, 0) is 21.1 Å². The summed E-state index contributed by atoms with van der Waals surface area (Å²) < 4.78 is 33.5. The van der Waals surface area contributed by atoms with Gasteiger partial charge in [-0.05, 0) is 18.1 Å². The molecule has 1 heterocycles. The van der Waals surface area contributed by atoms with Crippen LogP contribution in [0.1, 0.15) is 18.9 Å². The molecule has 1 N–H and O–H groups in total. The van der Waals surface area contributed by atoms with Crippen LogP contribution >= 0.6 is 0 Å². The molecule has 0 aromatic heterocycles. The van der Waals surface area contributed by atoms with Crippen LogP contribution in [0.4, 0.5) is 0 Å². The summed E-state index contributed by atoms with van der Waals surface area (Å²) in [6.45, 7) is 1.91. The van der Waals surface area contributed by atoms with Crippen LogP contribution in [0, 0.1) is 0 Å². The van der Waals surface area contributed by atoms with E-state index in [1.165, 1.54) is 0 Å². The molecular formula is C14H18O6S. The van der Waals surface area contributed by atoms with Crippen molar-refractivity contribution < 1.29 is 27.8 Å². The maximum Gasteiger partial charge on any atom is 0.345 e. The Bertz CT molecular complexity index is 622. The Hall–Kier alpha value is -1.76. The highest BCUT2D eigenvalue weighted by Gasteiger charge is 2.28. The van der Waals surface area contributed by atoms with Gasteiger partial charge in [0.1, 0.15) is 21.3 Å². The summed E-state index contributed by atoms with van der Waals surface area (Å²) in [5, 5.41) is 8.91. The van der Waals surface area contributed by atoms with Crippen LogP contribution < -0.4 is 9.47 Å². The molecule has 0 saturated carbocycles. The largest absolute Gasteiger partial charge is 0.493 e. The number of sulfone groups is 1. The van der Waals surface area contributed by atoms with Crippen LogP contribution in [0.3, 0.4) is 0 Å². The summed E-state index contributed by atoms with van der Waals surface area (Å²) in [5.74, 6) is 0.315. The van der Waals surface area contributed by atoms with E-state index in [0.29, 0.717) is 30.9 Å². The quantitative estimate of drug-likeness (QED) is 0.763. The Labute approximate surface area is 123 Å². The third-order valence-electron chi connectivity index (χ3n) is 3.30. The van der Waals surface area contributed by atoms with Gasteiger partial charge in [0.2, 0.25) is 0 Å². The lowest BCUT2D eigenvalue weighted by Crippen LogP contribution is -2.24. The van der Waals surface area contributed by atoms with Crippen molar-refractivity contribution in [2.75, 3.05) is 18.1 Å². The number of hydrogen-bond donors (Lipinski definition) is 1. The molecule has 7 heteroatoms. The van der Waals surface area contributed by atoms with Gasteiger partial charge in [-0.25, -0.2) is 13.2 Å². The summed E-state index contributed by atoms with van der Waals surface area (Å²) in [7, 11) is -2.97. The normalized spacial score (nSPS) is 17.1. The Morgan fingerprint density at radius 3 is 2.90 bits per heavy atom. The zero-order valence-electron chi connectivity index (χ0n) is 11.7. The number of benzene rings is 1. The zero-order chi connectivity index (χ0) is 15.5. The second-order valence-corrected chi connectivity index (χ2v) is 7.33. The average Bonchev–Trinajstić information content (AvgIpc) is 2.87. The minimum atomic E-state index is -2.97. The van der Waals surface area contributed by atoms with Gasteiger partial charge in [0.15, 0.2) is 6.10 Å². The molecule has 1 aromatic carbocycles. The number of carbonyl (C=O) groups is 1. The van der Waals surface area contributed by atoms with Crippen molar-refractivity contribution >= 4 is 15.8 Å². The number of fused-ring (bicyclic) bond motifs is 1. The van der Waals surface area contributed by atoms with Gasteiger partial charge < -0.3 is 14.6 Å². The molecule has 1 aliphatic rings. The van der Waals surface area contributed by atoms with E-state index in [0.717, 1.165) is 5.56 Å². The Balaban J connectivity index is 1.87. The number of carboxylic acid groups (broad SMARTS) is 1. The lowest BCUT2D eigenvalue weighted by molar-refractivity contribution is -0.144. The van der Waals surface area contributed by atoms with Crippen molar-refractivity contribution in [1.82, 2.24) is 0 Å². The van der Waals surface area contributed by atoms with Gasteiger partial charge in [0, 0.05) is 18.2 Å². The predicted octanol–water partition coefficient (Wildman–Crippen LogP) is 1.28. The van der Waals surface area contributed by atoms with Crippen LogP contribution in [-0.4, -0.2) is 43.7 Å². The topological polar surface area (TPSA) is 89.9 Å². The minimum absolute atomic E-state index is 0.103.